The molecule has 4 fully saturated rings. The van der Waals surface area contributed by atoms with Gasteiger partial charge in [-0.3, -0.25) is 9.59 Å². The third-order valence-electron chi connectivity index (χ3n) is 10.6. The number of likely N-dealkylation sites (N-methyl/N-ethyl adjacent to an activating group) is 1. The number of ether oxygens (including phenoxy) is 1. The number of ketones is 1. The molecule has 0 bridgehead atoms. The third-order valence-corrected chi connectivity index (χ3v) is 10.6. The highest BCUT2D eigenvalue weighted by atomic mass is 16.5. The van der Waals surface area contributed by atoms with E-state index in [2.05, 4.69) is 33.0 Å². The molecule has 31 heavy (non-hydrogen) atoms. The molecule has 0 spiro atoms. The van der Waals surface area contributed by atoms with Gasteiger partial charge in [-0.25, -0.2) is 0 Å². The summed E-state index contributed by atoms with van der Waals surface area (Å²) in [7, 11) is 1.85. The molecule has 3 unspecified atom stereocenters. The first kappa shape index (κ1) is 23.3. The van der Waals surface area contributed by atoms with Crippen molar-refractivity contribution < 1.29 is 14.3 Å². The zero-order valence-corrected chi connectivity index (χ0v) is 20.7. The van der Waals surface area contributed by atoms with Gasteiger partial charge < -0.3 is 10.1 Å². The number of hydrogen-bond acceptors (Lipinski definition) is 4. The molecule has 0 aliphatic heterocycles. The Bertz CT molecular complexity index is 705. The molecule has 0 heterocycles. The second-order valence-electron chi connectivity index (χ2n) is 12.3. The summed E-state index contributed by atoms with van der Waals surface area (Å²) in [5.41, 5.74) is 0.615. The van der Waals surface area contributed by atoms with E-state index in [-0.39, 0.29) is 29.4 Å². The van der Waals surface area contributed by atoms with Gasteiger partial charge in [0.25, 0.3) is 0 Å². The van der Waals surface area contributed by atoms with Crippen LogP contribution in [0.5, 0.6) is 0 Å². The number of fused-ring (bicyclic) bond motifs is 5. The van der Waals surface area contributed by atoms with E-state index in [1.807, 2.05) is 14.0 Å². The lowest BCUT2D eigenvalue weighted by atomic mass is 9.44. The van der Waals surface area contributed by atoms with Gasteiger partial charge in [-0.15, -0.1) is 0 Å². The van der Waals surface area contributed by atoms with Crippen LogP contribution in [0.25, 0.3) is 0 Å². The van der Waals surface area contributed by atoms with E-state index < -0.39 is 0 Å². The van der Waals surface area contributed by atoms with E-state index in [9.17, 15) is 9.59 Å². The van der Waals surface area contributed by atoms with E-state index in [4.69, 9.17) is 4.74 Å². The van der Waals surface area contributed by atoms with Gasteiger partial charge in [0.15, 0.2) is 0 Å². The Hall–Kier alpha value is -0.900. The lowest BCUT2D eigenvalue weighted by Crippen LogP contribution is -2.54. The van der Waals surface area contributed by atoms with Crippen LogP contribution < -0.4 is 5.32 Å². The standard InChI is InChI=1S/C27H45NO3/c1-16(2)24(28-6)25(30)31-19-11-13-26(4)18(15-19)7-8-20-22-10-9-21(17(3)29)27(22,5)14-12-23(20)26/h16,18-24,28H,7-15H2,1-6H3/t18-,19+,20?,21+,22?,23?,24-,26-,27+/m0/s1. The molecule has 4 heteroatoms. The molecule has 4 aliphatic carbocycles. The Labute approximate surface area is 189 Å². The average molecular weight is 432 g/mol. The summed E-state index contributed by atoms with van der Waals surface area (Å²) in [6, 6.07) is -0.211. The highest BCUT2D eigenvalue weighted by Crippen LogP contribution is 2.67. The van der Waals surface area contributed by atoms with E-state index in [1.54, 1.807) is 0 Å². The maximum atomic E-state index is 12.7. The van der Waals surface area contributed by atoms with Crippen molar-refractivity contribution in [1.82, 2.24) is 5.32 Å². The molecule has 4 saturated carbocycles. The smallest absolute Gasteiger partial charge is 0.323 e. The van der Waals surface area contributed by atoms with Gasteiger partial charge >= 0.3 is 5.97 Å². The first-order valence-electron chi connectivity index (χ1n) is 13.0. The Morgan fingerprint density at radius 2 is 1.61 bits per heavy atom. The highest BCUT2D eigenvalue weighted by Gasteiger charge is 2.61. The van der Waals surface area contributed by atoms with Crippen molar-refractivity contribution in [3.63, 3.8) is 0 Å². The van der Waals surface area contributed by atoms with Gasteiger partial charge in [-0.05, 0) is 112 Å². The van der Waals surface area contributed by atoms with Gasteiger partial charge in [0.2, 0.25) is 0 Å². The van der Waals surface area contributed by atoms with Gasteiger partial charge in [0, 0.05) is 5.92 Å². The molecule has 1 N–H and O–H groups in total. The number of rotatable bonds is 5. The Kier molecular flexibility index (Phi) is 6.35. The molecule has 4 rings (SSSR count). The fourth-order valence-electron chi connectivity index (χ4n) is 8.95. The van der Waals surface area contributed by atoms with Crippen molar-refractivity contribution in [3.05, 3.63) is 0 Å². The molecule has 0 aromatic rings. The van der Waals surface area contributed by atoms with Gasteiger partial charge in [-0.1, -0.05) is 27.7 Å². The number of carbonyl (C=O) groups is 2. The summed E-state index contributed by atoms with van der Waals surface area (Å²) in [6.07, 6.45) is 10.8. The fourth-order valence-corrected chi connectivity index (χ4v) is 8.95. The minimum Gasteiger partial charge on any atom is -0.461 e. The monoisotopic (exact) mass is 431 g/mol. The lowest BCUT2D eigenvalue weighted by molar-refractivity contribution is -0.166. The lowest BCUT2D eigenvalue weighted by Gasteiger charge is -2.61. The molecule has 4 nitrogen and oxygen atoms in total. The summed E-state index contributed by atoms with van der Waals surface area (Å²) in [5, 5.41) is 3.13. The quantitative estimate of drug-likeness (QED) is 0.593. The van der Waals surface area contributed by atoms with E-state index >= 15 is 0 Å². The van der Waals surface area contributed by atoms with E-state index in [0.29, 0.717) is 23.0 Å². The molecule has 9 atom stereocenters. The Morgan fingerprint density at radius 3 is 2.26 bits per heavy atom. The summed E-state index contributed by atoms with van der Waals surface area (Å²) >= 11 is 0. The number of nitrogens with one attached hydrogen (secondary N) is 1. The van der Waals surface area contributed by atoms with Crippen molar-refractivity contribution in [2.24, 2.45) is 46.3 Å². The SMILES string of the molecule is CN[C@H](C(=O)O[C@@H]1CC[C@]2(C)C3CC[C@@]4(C)C(CC[C@@H]4C(C)=O)C3CC[C@H]2C1)C(C)C. The van der Waals surface area contributed by atoms with Crippen molar-refractivity contribution in [1.29, 1.82) is 0 Å². The molecule has 0 aromatic carbocycles. The summed E-state index contributed by atoms with van der Waals surface area (Å²) < 4.78 is 6.02. The molecular weight excluding hydrogens is 386 g/mol. The molecular formula is C27H45NO3. The molecule has 0 saturated heterocycles. The predicted octanol–water partition coefficient (Wildman–Crippen LogP) is 5.39. The first-order valence-corrected chi connectivity index (χ1v) is 13.0. The maximum Gasteiger partial charge on any atom is 0.323 e. The normalized spacial score (nSPS) is 45.4. The van der Waals surface area contributed by atoms with Crippen LogP contribution in [0.1, 0.15) is 92.4 Å². The van der Waals surface area contributed by atoms with Crippen molar-refractivity contribution in [3.8, 4) is 0 Å². The zero-order chi connectivity index (χ0) is 22.6. The zero-order valence-electron chi connectivity index (χ0n) is 20.7. The van der Waals surface area contributed by atoms with Crippen LogP contribution in [0, 0.1) is 46.3 Å². The molecule has 0 aromatic heterocycles. The van der Waals surface area contributed by atoms with Crippen LogP contribution >= 0.6 is 0 Å². The van der Waals surface area contributed by atoms with Crippen molar-refractivity contribution in [2.45, 2.75) is 105 Å². The van der Waals surface area contributed by atoms with Crippen molar-refractivity contribution >= 4 is 11.8 Å². The number of Topliss-reactive ketones (excluding diaryl/α,β-unsaturated/α-hetero) is 1. The third kappa shape index (κ3) is 3.79. The van der Waals surface area contributed by atoms with E-state index in [0.717, 1.165) is 37.0 Å². The predicted molar refractivity (Wildman–Crippen MR) is 123 cm³/mol. The minimum atomic E-state index is -0.211. The van der Waals surface area contributed by atoms with Gasteiger partial charge in [0.1, 0.15) is 17.9 Å². The average Bonchev–Trinajstić information content (AvgIpc) is 3.06. The van der Waals surface area contributed by atoms with Crippen LogP contribution in [-0.2, 0) is 14.3 Å². The number of esters is 1. The van der Waals surface area contributed by atoms with Crippen LogP contribution in [0.3, 0.4) is 0 Å². The second-order valence-corrected chi connectivity index (χ2v) is 12.3. The molecule has 176 valence electrons. The second kappa shape index (κ2) is 8.47. The van der Waals surface area contributed by atoms with Gasteiger partial charge in [0.05, 0.1) is 0 Å². The van der Waals surface area contributed by atoms with Crippen LogP contribution in [0.2, 0.25) is 0 Å². The first-order chi connectivity index (χ1) is 14.6. The van der Waals surface area contributed by atoms with Crippen LogP contribution in [0.15, 0.2) is 0 Å². The maximum absolute atomic E-state index is 12.7. The number of carbonyl (C=O) groups excluding carboxylic acids is 2. The van der Waals surface area contributed by atoms with Crippen LogP contribution in [-0.4, -0.2) is 30.9 Å². The number of hydrogen-bond donors (Lipinski definition) is 1. The Morgan fingerprint density at radius 1 is 0.935 bits per heavy atom. The van der Waals surface area contributed by atoms with Crippen LogP contribution in [0.4, 0.5) is 0 Å². The molecule has 0 amide bonds. The topological polar surface area (TPSA) is 55.4 Å². The Balaban J connectivity index is 1.44. The summed E-state index contributed by atoms with van der Waals surface area (Å²) in [6.45, 7) is 10.9. The highest BCUT2D eigenvalue weighted by molar-refractivity contribution is 5.79. The minimum absolute atomic E-state index is 0.0746. The molecule has 0 radical (unpaired) electrons. The van der Waals surface area contributed by atoms with Gasteiger partial charge in [-0.2, -0.15) is 0 Å². The molecule has 4 aliphatic rings. The fraction of sp³-hybridized carbons (Fsp3) is 0.926. The van der Waals surface area contributed by atoms with Crippen molar-refractivity contribution in [2.75, 3.05) is 7.05 Å². The summed E-state index contributed by atoms with van der Waals surface area (Å²) in [5.74, 6) is 3.85. The summed E-state index contributed by atoms with van der Waals surface area (Å²) in [4.78, 5) is 25.0. The van der Waals surface area contributed by atoms with E-state index in [1.165, 1.54) is 38.5 Å². The largest absolute Gasteiger partial charge is 0.461 e.